The molecule has 2 N–H and O–H groups in total. The number of rotatable bonds is 4. The van der Waals surface area contributed by atoms with Gasteiger partial charge in [-0.2, -0.15) is 0 Å². The maximum Gasteiger partial charge on any atom is 0.214 e. The molecule has 0 saturated heterocycles. The number of fused-ring (bicyclic) bond motifs is 1. The van der Waals surface area contributed by atoms with Crippen molar-refractivity contribution < 1.29 is 14.3 Å². The van der Waals surface area contributed by atoms with Crippen molar-refractivity contribution in [1.29, 1.82) is 0 Å². The van der Waals surface area contributed by atoms with Gasteiger partial charge in [-0.3, -0.25) is 4.79 Å². The molecule has 128 valence electrons. The van der Waals surface area contributed by atoms with Crippen LogP contribution in [0.5, 0.6) is 5.75 Å². The number of hydrogen-bond acceptors (Lipinski definition) is 7. The fourth-order valence-corrected chi connectivity index (χ4v) is 2.69. The van der Waals surface area contributed by atoms with Crippen LogP contribution in [0.15, 0.2) is 52.1 Å². The summed E-state index contributed by atoms with van der Waals surface area (Å²) < 4.78 is 5.71. The quantitative estimate of drug-likeness (QED) is 0.693. The number of carbonyl (C=O) groups is 1. The molecule has 0 saturated carbocycles. The maximum absolute atomic E-state index is 12.0. The summed E-state index contributed by atoms with van der Waals surface area (Å²) in [5, 5.41) is 13.4. The van der Waals surface area contributed by atoms with E-state index in [4.69, 9.17) is 4.42 Å². The average Bonchev–Trinajstić information content (AvgIpc) is 3.18. The van der Waals surface area contributed by atoms with Crippen LogP contribution in [0.4, 0.5) is 17.5 Å². The van der Waals surface area contributed by atoms with E-state index in [1.807, 2.05) is 6.07 Å². The van der Waals surface area contributed by atoms with E-state index in [1.54, 1.807) is 48.9 Å². The molecular formula is C19H14N4O3. The van der Waals surface area contributed by atoms with Crippen LogP contribution in [0.3, 0.4) is 0 Å². The number of allylic oxidation sites excluding steroid dienone is 1. The summed E-state index contributed by atoms with van der Waals surface area (Å²) in [6.45, 7) is 1.36. The lowest BCUT2D eigenvalue weighted by atomic mass is 10.1. The second-order valence-corrected chi connectivity index (χ2v) is 5.65. The van der Waals surface area contributed by atoms with Crippen LogP contribution in [0.2, 0.25) is 0 Å². The van der Waals surface area contributed by atoms with E-state index in [2.05, 4.69) is 20.3 Å². The Hall–Kier alpha value is -3.74. The standard InChI is InChI=1S/C19H14N4O3/c1-11(24)16-17(25)14(26-19(16)23-15-6-2-3-7-20-15)9-12-10-22-18-13(12)5-4-8-21-18/h2-10,25H,1H3,(H,20,23). The molecular weight excluding hydrogens is 332 g/mol. The van der Waals surface area contributed by atoms with Crippen molar-refractivity contribution in [1.82, 2.24) is 9.97 Å². The molecule has 26 heavy (non-hydrogen) atoms. The number of anilines is 2. The predicted molar refractivity (Wildman–Crippen MR) is 98.2 cm³/mol. The highest BCUT2D eigenvalue weighted by Crippen LogP contribution is 2.38. The van der Waals surface area contributed by atoms with Crippen molar-refractivity contribution in [3.63, 3.8) is 0 Å². The zero-order valence-electron chi connectivity index (χ0n) is 13.8. The number of hydrogen-bond donors (Lipinski definition) is 2. The van der Waals surface area contributed by atoms with Crippen LogP contribution in [0.25, 0.3) is 11.6 Å². The molecule has 0 unspecified atom stereocenters. The second-order valence-electron chi connectivity index (χ2n) is 5.65. The molecule has 4 rings (SSSR count). The Kier molecular flexibility index (Phi) is 3.81. The van der Waals surface area contributed by atoms with Crippen LogP contribution in [-0.2, 0) is 0 Å². The van der Waals surface area contributed by atoms with E-state index in [0.29, 0.717) is 11.6 Å². The largest absolute Gasteiger partial charge is 0.504 e. The molecule has 7 heteroatoms. The minimum Gasteiger partial charge on any atom is -0.504 e. The van der Waals surface area contributed by atoms with E-state index in [-0.39, 0.29) is 28.7 Å². The van der Waals surface area contributed by atoms with Gasteiger partial charge in [0.15, 0.2) is 23.1 Å². The Bertz CT molecular complexity index is 1050. The molecule has 0 bridgehead atoms. The minimum absolute atomic E-state index is 0.0730. The molecule has 1 aliphatic rings. The zero-order chi connectivity index (χ0) is 18.1. The van der Waals surface area contributed by atoms with E-state index >= 15 is 0 Å². The molecule has 0 atom stereocenters. The van der Waals surface area contributed by atoms with E-state index in [0.717, 1.165) is 11.1 Å². The van der Waals surface area contributed by atoms with Gasteiger partial charge in [0.1, 0.15) is 11.4 Å². The first-order chi connectivity index (χ1) is 12.6. The third kappa shape index (κ3) is 2.75. The number of carbonyl (C=O) groups excluding carboxylic acids is 1. The van der Waals surface area contributed by atoms with Gasteiger partial charge in [0.25, 0.3) is 0 Å². The summed E-state index contributed by atoms with van der Waals surface area (Å²) in [7, 11) is 0. The van der Waals surface area contributed by atoms with E-state index in [1.165, 1.54) is 6.92 Å². The van der Waals surface area contributed by atoms with Crippen molar-refractivity contribution in [2.24, 2.45) is 4.99 Å². The Morgan fingerprint density at radius 2 is 2.04 bits per heavy atom. The van der Waals surface area contributed by atoms with Gasteiger partial charge in [0, 0.05) is 29.7 Å². The van der Waals surface area contributed by atoms with Crippen LogP contribution >= 0.6 is 0 Å². The van der Waals surface area contributed by atoms with Gasteiger partial charge in [-0.15, -0.1) is 0 Å². The van der Waals surface area contributed by atoms with Gasteiger partial charge in [0.2, 0.25) is 5.88 Å². The normalized spacial score (nSPS) is 13.8. The van der Waals surface area contributed by atoms with E-state index in [9.17, 15) is 9.90 Å². The third-order valence-corrected chi connectivity index (χ3v) is 3.88. The summed E-state index contributed by atoms with van der Waals surface area (Å²) in [5.74, 6) is 0.850. The number of nitrogens with zero attached hydrogens (tertiary/aromatic N) is 3. The summed E-state index contributed by atoms with van der Waals surface area (Å²) in [6, 6.07) is 8.98. The van der Waals surface area contributed by atoms with Crippen LogP contribution < -0.4 is 5.32 Å². The zero-order valence-corrected chi connectivity index (χ0v) is 13.8. The molecule has 4 heterocycles. The molecule has 1 aliphatic heterocycles. The smallest absolute Gasteiger partial charge is 0.214 e. The summed E-state index contributed by atoms with van der Waals surface area (Å²) >= 11 is 0. The molecule has 0 amide bonds. The molecule has 0 aromatic carbocycles. The lowest BCUT2D eigenvalue weighted by Crippen LogP contribution is -1.98. The lowest BCUT2D eigenvalue weighted by molar-refractivity contribution is 0.101. The van der Waals surface area contributed by atoms with Crippen molar-refractivity contribution in [2.75, 3.05) is 5.32 Å². The number of ketones is 1. The fraction of sp³-hybridized carbons (Fsp3) is 0.0526. The molecule has 0 aliphatic carbocycles. The molecule has 0 fully saturated rings. The lowest BCUT2D eigenvalue weighted by Gasteiger charge is -2.02. The fourth-order valence-electron chi connectivity index (χ4n) is 2.69. The summed E-state index contributed by atoms with van der Waals surface area (Å²) in [5.41, 5.74) is 1.63. The molecule has 0 radical (unpaired) electrons. The first-order valence-corrected chi connectivity index (χ1v) is 7.89. The number of aliphatic imine (C=N–C) groups is 1. The maximum atomic E-state index is 12.0. The Labute approximate surface area is 148 Å². The highest BCUT2D eigenvalue weighted by Gasteiger charge is 2.24. The summed E-state index contributed by atoms with van der Waals surface area (Å²) in [4.78, 5) is 24.5. The van der Waals surface area contributed by atoms with Crippen LogP contribution in [-0.4, -0.2) is 27.1 Å². The van der Waals surface area contributed by atoms with Crippen LogP contribution in [0.1, 0.15) is 28.6 Å². The number of pyridine rings is 2. The van der Waals surface area contributed by atoms with Gasteiger partial charge < -0.3 is 14.8 Å². The molecule has 3 aromatic rings. The van der Waals surface area contributed by atoms with Crippen molar-refractivity contribution >= 4 is 41.2 Å². The molecule has 3 aromatic heterocycles. The highest BCUT2D eigenvalue weighted by atomic mass is 16.4. The average molecular weight is 346 g/mol. The first-order valence-electron chi connectivity index (χ1n) is 7.89. The monoisotopic (exact) mass is 346 g/mol. The topological polar surface area (TPSA) is 101 Å². The molecule has 0 spiro atoms. The number of Topliss-reactive ketones (excluding diaryl/α,β-unsaturated/α-hetero) is 1. The first kappa shape index (κ1) is 15.8. The van der Waals surface area contributed by atoms with Gasteiger partial charge >= 0.3 is 0 Å². The number of nitrogens with one attached hydrogen (secondary N) is 1. The van der Waals surface area contributed by atoms with Gasteiger partial charge in [-0.25, -0.2) is 15.0 Å². The SMILES string of the molecule is CC(=O)c1c(Nc2ccccn2)oc(C=C2C=Nc3ncccc32)c1O. The predicted octanol–water partition coefficient (Wildman–Crippen LogP) is 3.98. The number of aromatic nitrogens is 2. The van der Waals surface area contributed by atoms with Gasteiger partial charge in [-0.05, 0) is 37.3 Å². The van der Waals surface area contributed by atoms with Gasteiger partial charge in [0.05, 0.1) is 0 Å². The Morgan fingerprint density at radius 1 is 1.19 bits per heavy atom. The molecule has 7 nitrogen and oxygen atoms in total. The minimum atomic E-state index is -0.323. The van der Waals surface area contributed by atoms with Crippen molar-refractivity contribution in [3.05, 3.63) is 59.6 Å². The van der Waals surface area contributed by atoms with E-state index < -0.39 is 0 Å². The van der Waals surface area contributed by atoms with Crippen LogP contribution in [0, 0.1) is 0 Å². The Morgan fingerprint density at radius 3 is 2.81 bits per heavy atom. The number of aromatic hydroxyl groups is 1. The van der Waals surface area contributed by atoms with Crippen molar-refractivity contribution in [2.45, 2.75) is 6.92 Å². The number of furan rings is 1. The van der Waals surface area contributed by atoms with Crippen molar-refractivity contribution in [3.8, 4) is 5.75 Å². The highest BCUT2D eigenvalue weighted by molar-refractivity contribution is 6.21. The van der Waals surface area contributed by atoms with Gasteiger partial charge in [-0.1, -0.05) is 6.07 Å². The summed E-state index contributed by atoms with van der Waals surface area (Å²) in [6.07, 6.45) is 6.54. The second kappa shape index (κ2) is 6.29. The Balaban J connectivity index is 1.77. The third-order valence-electron chi connectivity index (χ3n) is 3.88.